The Morgan fingerprint density at radius 1 is 1.78 bits per heavy atom. The van der Waals surface area contributed by atoms with Crippen molar-refractivity contribution < 1.29 is 4.79 Å². The number of amides is 1. The molecule has 0 radical (unpaired) electrons. The zero-order valence-electron chi connectivity index (χ0n) is 5.61. The minimum atomic E-state index is -0.125. The van der Waals surface area contributed by atoms with Crippen LogP contribution < -0.4 is 11.1 Å². The quantitative estimate of drug-likeness (QED) is 0.510. The van der Waals surface area contributed by atoms with E-state index in [1.807, 2.05) is 0 Å². The number of rotatable bonds is 3. The van der Waals surface area contributed by atoms with E-state index in [1.165, 1.54) is 0 Å². The summed E-state index contributed by atoms with van der Waals surface area (Å²) in [6, 6.07) is 0. The van der Waals surface area contributed by atoms with Gasteiger partial charge in [0.1, 0.15) is 0 Å². The molecule has 0 aliphatic carbocycles. The van der Waals surface area contributed by atoms with Crippen molar-refractivity contribution in [3.8, 4) is 0 Å². The molecular weight excluding hydrogens is 116 g/mol. The van der Waals surface area contributed by atoms with Crippen LogP contribution in [0, 0.1) is 0 Å². The molecule has 9 heavy (non-hydrogen) atoms. The van der Waals surface area contributed by atoms with Crippen LogP contribution in [0.5, 0.6) is 0 Å². The highest BCUT2D eigenvalue weighted by Crippen LogP contribution is 1.82. The monoisotopic (exact) mass is 128 g/mol. The molecule has 0 heterocycles. The van der Waals surface area contributed by atoms with Gasteiger partial charge in [-0.3, -0.25) is 4.79 Å². The van der Waals surface area contributed by atoms with Crippen molar-refractivity contribution in [2.75, 3.05) is 13.1 Å². The molecule has 0 saturated carbocycles. The van der Waals surface area contributed by atoms with Gasteiger partial charge in [0.15, 0.2) is 0 Å². The normalized spacial score (nSPS) is 8.67. The molecule has 0 fully saturated rings. The molecular formula is C6H12N2O. The summed E-state index contributed by atoms with van der Waals surface area (Å²) in [5.74, 6) is -0.125. The van der Waals surface area contributed by atoms with Crippen LogP contribution in [0.15, 0.2) is 12.2 Å². The molecule has 0 bridgehead atoms. The Labute approximate surface area is 54.9 Å². The van der Waals surface area contributed by atoms with E-state index in [4.69, 9.17) is 5.73 Å². The zero-order chi connectivity index (χ0) is 7.28. The van der Waals surface area contributed by atoms with Gasteiger partial charge in [-0.05, 0) is 6.92 Å². The number of carbonyl (C=O) groups excluding carboxylic acids is 1. The molecule has 0 aromatic carbocycles. The van der Waals surface area contributed by atoms with Crippen molar-refractivity contribution in [2.45, 2.75) is 6.92 Å². The van der Waals surface area contributed by atoms with E-state index < -0.39 is 0 Å². The minimum absolute atomic E-state index is 0.125. The number of nitrogens with one attached hydrogen (secondary N) is 1. The van der Waals surface area contributed by atoms with E-state index in [0.29, 0.717) is 18.7 Å². The first-order valence-electron chi connectivity index (χ1n) is 2.82. The summed E-state index contributed by atoms with van der Waals surface area (Å²) in [5.41, 5.74) is 5.65. The second-order valence-electron chi connectivity index (χ2n) is 1.82. The maximum absolute atomic E-state index is 10.6. The predicted octanol–water partition coefficient (Wildman–Crippen LogP) is -0.363. The molecule has 1 amide bonds. The highest BCUT2D eigenvalue weighted by atomic mass is 16.1. The molecule has 0 aliphatic rings. The number of carbonyl (C=O) groups is 1. The van der Waals surface area contributed by atoms with Crippen LogP contribution in [-0.4, -0.2) is 19.0 Å². The van der Waals surface area contributed by atoms with E-state index in [0.717, 1.165) is 0 Å². The van der Waals surface area contributed by atoms with Gasteiger partial charge in [0.05, 0.1) is 0 Å². The van der Waals surface area contributed by atoms with Gasteiger partial charge in [-0.15, -0.1) is 0 Å². The second kappa shape index (κ2) is 4.09. The summed E-state index contributed by atoms with van der Waals surface area (Å²) >= 11 is 0. The summed E-state index contributed by atoms with van der Waals surface area (Å²) < 4.78 is 0. The zero-order valence-corrected chi connectivity index (χ0v) is 5.61. The van der Waals surface area contributed by atoms with Crippen LogP contribution in [-0.2, 0) is 4.79 Å². The average molecular weight is 128 g/mol. The molecule has 0 spiro atoms. The Morgan fingerprint density at radius 3 is 2.67 bits per heavy atom. The van der Waals surface area contributed by atoms with Gasteiger partial charge in [0.2, 0.25) is 5.91 Å². The molecule has 0 unspecified atom stereocenters. The molecule has 0 aromatic heterocycles. The first-order chi connectivity index (χ1) is 4.18. The lowest BCUT2D eigenvalue weighted by Crippen LogP contribution is -2.29. The molecule has 0 saturated heterocycles. The third-order valence-corrected chi connectivity index (χ3v) is 0.818. The lowest BCUT2D eigenvalue weighted by atomic mass is 10.3. The van der Waals surface area contributed by atoms with Crippen LogP contribution in [0.1, 0.15) is 6.92 Å². The fourth-order valence-electron chi connectivity index (χ4n) is 0.337. The molecule has 0 atom stereocenters. The lowest BCUT2D eigenvalue weighted by molar-refractivity contribution is -0.117. The Hall–Kier alpha value is -0.830. The van der Waals surface area contributed by atoms with Crippen molar-refractivity contribution in [2.24, 2.45) is 5.73 Å². The van der Waals surface area contributed by atoms with E-state index in [-0.39, 0.29) is 5.91 Å². The minimum Gasteiger partial charge on any atom is -0.351 e. The van der Waals surface area contributed by atoms with Crippen molar-refractivity contribution >= 4 is 5.91 Å². The average Bonchev–Trinajstić information content (AvgIpc) is 1.82. The topological polar surface area (TPSA) is 55.1 Å². The molecule has 3 nitrogen and oxygen atoms in total. The molecule has 0 rings (SSSR count). The maximum Gasteiger partial charge on any atom is 0.246 e. The molecule has 52 valence electrons. The second-order valence-corrected chi connectivity index (χ2v) is 1.82. The van der Waals surface area contributed by atoms with E-state index in [1.54, 1.807) is 6.92 Å². The summed E-state index contributed by atoms with van der Waals surface area (Å²) in [4.78, 5) is 10.6. The Bertz CT molecular complexity index is 120. The van der Waals surface area contributed by atoms with E-state index in [2.05, 4.69) is 11.9 Å². The van der Waals surface area contributed by atoms with Gasteiger partial charge >= 0.3 is 0 Å². The smallest absolute Gasteiger partial charge is 0.246 e. The fraction of sp³-hybridized carbons (Fsp3) is 0.500. The third-order valence-electron chi connectivity index (χ3n) is 0.818. The highest BCUT2D eigenvalue weighted by molar-refractivity contribution is 5.91. The Morgan fingerprint density at radius 2 is 2.33 bits per heavy atom. The van der Waals surface area contributed by atoms with Crippen LogP contribution in [0.2, 0.25) is 0 Å². The van der Waals surface area contributed by atoms with Gasteiger partial charge in [0.25, 0.3) is 0 Å². The largest absolute Gasteiger partial charge is 0.351 e. The van der Waals surface area contributed by atoms with Gasteiger partial charge in [-0.1, -0.05) is 6.58 Å². The lowest BCUT2D eigenvalue weighted by Gasteiger charge is -1.99. The maximum atomic E-state index is 10.6. The number of hydrogen-bond donors (Lipinski definition) is 2. The summed E-state index contributed by atoms with van der Waals surface area (Å²) in [6.07, 6.45) is 0. The van der Waals surface area contributed by atoms with E-state index >= 15 is 0 Å². The number of hydrogen-bond acceptors (Lipinski definition) is 2. The summed E-state index contributed by atoms with van der Waals surface area (Å²) in [5, 5.41) is 2.57. The van der Waals surface area contributed by atoms with Crippen molar-refractivity contribution in [3.63, 3.8) is 0 Å². The first kappa shape index (κ1) is 8.17. The number of nitrogens with two attached hydrogens (primary N) is 1. The summed E-state index contributed by atoms with van der Waals surface area (Å²) in [7, 11) is 0. The molecule has 0 aliphatic heterocycles. The van der Waals surface area contributed by atoms with Gasteiger partial charge in [-0.2, -0.15) is 0 Å². The van der Waals surface area contributed by atoms with Gasteiger partial charge in [-0.25, -0.2) is 0 Å². The van der Waals surface area contributed by atoms with Gasteiger partial charge in [0, 0.05) is 18.7 Å². The Balaban J connectivity index is 3.39. The SMILES string of the molecule is C=C(C)C(=O)NCCN. The van der Waals surface area contributed by atoms with Crippen LogP contribution in [0.4, 0.5) is 0 Å². The summed E-state index contributed by atoms with van der Waals surface area (Å²) in [6.45, 7) is 6.10. The molecule has 3 heteroatoms. The fourth-order valence-corrected chi connectivity index (χ4v) is 0.337. The highest BCUT2D eigenvalue weighted by Gasteiger charge is 1.96. The Kier molecular flexibility index (Phi) is 3.71. The van der Waals surface area contributed by atoms with Crippen LogP contribution in [0.25, 0.3) is 0 Å². The predicted molar refractivity (Wildman–Crippen MR) is 36.9 cm³/mol. The molecule has 0 aromatic rings. The first-order valence-corrected chi connectivity index (χ1v) is 2.82. The van der Waals surface area contributed by atoms with Crippen LogP contribution >= 0.6 is 0 Å². The van der Waals surface area contributed by atoms with Crippen molar-refractivity contribution in [3.05, 3.63) is 12.2 Å². The van der Waals surface area contributed by atoms with E-state index in [9.17, 15) is 4.79 Å². The van der Waals surface area contributed by atoms with Crippen LogP contribution in [0.3, 0.4) is 0 Å². The molecule has 3 N–H and O–H groups in total. The van der Waals surface area contributed by atoms with Gasteiger partial charge < -0.3 is 11.1 Å². The van der Waals surface area contributed by atoms with Crippen molar-refractivity contribution in [1.82, 2.24) is 5.32 Å². The standard InChI is InChI=1S/C6H12N2O/c1-5(2)6(9)8-4-3-7/h1,3-4,7H2,2H3,(H,8,9). The third kappa shape index (κ3) is 3.73. The van der Waals surface area contributed by atoms with Crippen molar-refractivity contribution in [1.29, 1.82) is 0 Å².